The predicted molar refractivity (Wildman–Crippen MR) is 98.5 cm³/mol. The SMILES string of the molecule is O=C(N[C@@H]1CC[NH+](Cc2ccccc2)C1)c1cc2cc(F)ccc2s1. The second-order valence-corrected chi connectivity index (χ2v) is 7.70. The molecule has 128 valence electrons. The first kappa shape index (κ1) is 16.2. The van der Waals surface area contributed by atoms with Crippen LogP contribution in [0.25, 0.3) is 10.1 Å². The maximum atomic E-state index is 13.3. The number of hydrogen-bond donors (Lipinski definition) is 2. The Bertz CT molecular complexity index is 893. The molecule has 1 fully saturated rings. The Kier molecular flexibility index (Phi) is 4.51. The fourth-order valence-electron chi connectivity index (χ4n) is 3.48. The minimum atomic E-state index is -0.270. The van der Waals surface area contributed by atoms with Gasteiger partial charge in [-0.2, -0.15) is 0 Å². The number of nitrogens with one attached hydrogen (secondary N) is 2. The third-order valence-electron chi connectivity index (χ3n) is 4.72. The summed E-state index contributed by atoms with van der Waals surface area (Å²) in [7, 11) is 0. The molecule has 3 nitrogen and oxygen atoms in total. The molecule has 0 aliphatic carbocycles. The van der Waals surface area contributed by atoms with Crippen molar-refractivity contribution < 1.29 is 14.1 Å². The molecule has 0 bridgehead atoms. The molecular weight excluding hydrogens is 335 g/mol. The summed E-state index contributed by atoms with van der Waals surface area (Å²) in [5, 5.41) is 3.93. The second-order valence-electron chi connectivity index (χ2n) is 6.62. The summed E-state index contributed by atoms with van der Waals surface area (Å²) in [4.78, 5) is 14.7. The maximum Gasteiger partial charge on any atom is 0.261 e. The van der Waals surface area contributed by atoms with Crippen LogP contribution in [0.3, 0.4) is 0 Å². The molecule has 0 spiro atoms. The number of halogens is 1. The van der Waals surface area contributed by atoms with Gasteiger partial charge in [0.05, 0.1) is 24.0 Å². The Balaban J connectivity index is 1.37. The van der Waals surface area contributed by atoms with Gasteiger partial charge in [0.2, 0.25) is 0 Å². The van der Waals surface area contributed by atoms with E-state index < -0.39 is 0 Å². The van der Waals surface area contributed by atoms with Crippen molar-refractivity contribution in [2.45, 2.75) is 19.0 Å². The maximum absolute atomic E-state index is 13.3. The molecule has 2 aromatic carbocycles. The topological polar surface area (TPSA) is 33.5 Å². The standard InChI is InChI=1S/C20H19FN2OS/c21-16-6-7-18-15(10-16)11-19(25-18)20(24)22-17-8-9-23(13-17)12-14-4-2-1-3-5-14/h1-7,10-11,17H,8-9,12-13H2,(H,22,24)/p+1/t17-/m1/s1. The second kappa shape index (κ2) is 6.94. The number of amides is 1. The third kappa shape index (κ3) is 3.72. The van der Waals surface area contributed by atoms with Crippen LogP contribution in [0.4, 0.5) is 4.39 Å². The lowest BCUT2D eigenvalue weighted by atomic mass is 10.2. The van der Waals surface area contributed by atoms with E-state index in [1.807, 2.05) is 6.07 Å². The van der Waals surface area contributed by atoms with Gasteiger partial charge in [0, 0.05) is 16.7 Å². The Morgan fingerprint density at radius 3 is 2.88 bits per heavy atom. The highest BCUT2D eigenvalue weighted by atomic mass is 32.1. The van der Waals surface area contributed by atoms with E-state index in [1.165, 1.54) is 33.9 Å². The number of carbonyl (C=O) groups excluding carboxylic acids is 1. The average molecular weight is 355 g/mol. The molecule has 2 heterocycles. The quantitative estimate of drug-likeness (QED) is 0.741. The van der Waals surface area contributed by atoms with Crippen molar-refractivity contribution in [3.8, 4) is 0 Å². The number of fused-ring (bicyclic) bond motifs is 1. The molecule has 0 saturated carbocycles. The summed E-state index contributed by atoms with van der Waals surface area (Å²) in [5.41, 5.74) is 1.33. The van der Waals surface area contributed by atoms with Gasteiger partial charge in [-0.05, 0) is 29.7 Å². The van der Waals surface area contributed by atoms with Crippen molar-refractivity contribution >= 4 is 27.3 Å². The number of hydrogen-bond acceptors (Lipinski definition) is 2. The lowest BCUT2D eigenvalue weighted by Crippen LogP contribution is -3.09. The summed E-state index contributed by atoms with van der Waals surface area (Å²) in [5.74, 6) is -0.319. The molecule has 1 aromatic heterocycles. The first-order valence-corrected chi connectivity index (χ1v) is 9.36. The van der Waals surface area contributed by atoms with Crippen LogP contribution in [0.1, 0.15) is 21.7 Å². The minimum Gasteiger partial charge on any atom is -0.343 e. The molecule has 1 amide bonds. The number of quaternary nitrogens is 1. The van der Waals surface area contributed by atoms with Gasteiger partial charge >= 0.3 is 0 Å². The lowest BCUT2D eigenvalue weighted by Gasteiger charge is -2.14. The van der Waals surface area contributed by atoms with E-state index in [1.54, 1.807) is 12.1 Å². The van der Waals surface area contributed by atoms with E-state index in [4.69, 9.17) is 0 Å². The molecule has 0 radical (unpaired) electrons. The highest BCUT2D eigenvalue weighted by Crippen LogP contribution is 2.26. The van der Waals surface area contributed by atoms with E-state index in [-0.39, 0.29) is 17.8 Å². The summed E-state index contributed by atoms with van der Waals surface area (Å²) in [6.07, 6.45) is 0.993. The van der Waals surface area contributed by atoms with Gasteiger partial charge in [-0.15, -0.1) is 11.3 Å². The van der Waals surface area contributed by atoms with Gasteiger partial charge in [-0.3, -0.25) is 4.79 Å². The Labute approximate surface area is 150 Å². The van der Waals surface area contributed by atoms with E-state index in [2.05, 4.69) is 29.6 Å². The van der Waals surface area contributed by atoms with Crippen LogP contribution in [0.2, 0.25) is 0 Å². The fraction of sp³-hybridized carbons (Fsp3) is 0.250. The van der Waals surface area contributed by atoms with Gasteiger partial charge in [0.1, 0.15) is 12.4 Å². The Morgan fingerprint density at radius 2 is 2.04 bits per heavy atom. The van der Waals surface area contributed by atoms with Crippen LogP contribution < -0.4 is 10.2 Å². The highest BCUT2D eigenvalue weighted by Gasteiger charge is 2.28. The van der Waals surface area contributed by atoms with Gasteiger partial charge in [-0.1, -0.05) is 30.3 Å². The zero-order valence-electron chi connectivity index (χ0n) is 13.8. The van der Waals surface area contributed by atoms with Crippen LogP contribution in [-0.4, -0.2) is 25.0 Å². The first-order chi connectivity index (χ1) is 12.2. The number of carbonyl (C=O) groups is 1. The smallest absolute Gasteiger partial charge is 0.261 e. The fourth-order valence-corrected chi connectivity index (χ4v) is 4.43. The predicted octanol–water partition coefficient (Wildman–Crippen LogP) is 2.63. The zero-order valence-corrected chi connectivity index (χ0v) is 14.6. The van der Waals surface area contributed by atoms with Gasteiger partial charge in [-0.25, -0.2) is 4.39 Å². The molecule has 2 N–H and O–H groups in total. The van der Waals surface area contributed by atoms with E-state index in [0.717, 1.165) is 36.1 Å². The van der Waals surface area contributed by atoms with Gasteiger partial charge in [0.15, 0.2) is 0 Å². The monoisotopic (exact) mass is 355 g/mol. The molecule has 1 aliphatic heterocycles. The van der Waals surface area contributed by atoms with Crippen LogP contribution in [-0.2, 0) is 6.54 Å². The van der Waals surface area contributed by atoms with Crippen LogP contribution in [0.5, 0.6) is 0 Å². The average Bonchev–Trinajstić information content (AvgIpc) is 3.22. The first-order valence-electron chi connectivity index (χ1n) is 8.55. The van der Waals surface area contributed by atoms with Crippen LogP contribution >= 0.6 is 11.3 Å². The van der Waals surface area contributed by atoms with E-state index in [0.29, 0.717) is 4.88 Å². The largest absolute Gasteiger partial charge is 0.343 e. The number of benzene rings is 2. The normalized spacial score (nSPS) is 20.0. The number of rotatable bonds is 4. The molecule has 25 heavy (non-hydrogen) atoms. The number of thiophene rings is 1. The molecule has 2 atom stereocenters. The minimum absolute atomic E-state index is 0.0485. The molecule has 1 saturated heterocycles. The van der Waals surface area contributed by atoms with Crippen molar-refractivity contribution in [2.24, 2.45) is 0 Å². The van der Waals surface area contributed by atoms with Crippen molar-refractivity contribution in [1.29, 1.82) is 0 Å². The van der Waals surface area contributed by atoms with Gasteiger partial charge < -0.3 is 10.2 Å². The molecule has 5 heteroatoms. The zero-order chi connectivity index (χ0) is 17.2. The Hall–Kier alpha value is -2.24. The number of likely N-dealkylation sites (tertiary alicyclic amines) is 1. The van der Waals surface area contributed by atoms with E-state index >= 15 is 0 Å². The van der Waals surface area contributed by atoms with Crippen molar-refractivity contribution in [2.75, 3.05) is 13.1 Å². The van der Waals surface area contributed by atoms with E-state index in [9.17, 15) is 9.18 Å². The summed E-state index contributed by atoms with van der Waals surface area (Å²) >= 11 is 1.42. The highest BCUT2D eigenvalue weighted by molar-refractivity contribution is 7.20. The van der Waals surface area contributed by atoms with Crippen LogP contribution in [0.15, 0.2) is 54.6 Å². The molecule has 1 aliphatic rings. The van der Waals surface area contributed by atoms with Crippen LogP contribution in [0, 0.1) is 5.82 Å². The molecule has 4 rings (SSSR count). The third-order valence-corrected chi connectivity index (χ3v) is 5.83. The Morgan fingerprint density at radius 1 is 1.20 bits per heavy atom. The molecule has 1 unspecified atom stereocenters. The summed E-state index contributed by atoms with van der Waals surface area (Å²) < 4.78 is 14.2. The van der Waals surface area contributed by atoms with Crippen molar-refractivity contribution in [3.63, 3.8) is 0 Å². The van der Waals surface area contributed by atoms with Gasteiger partial charge in [0.25, 0.3) is 5.91 Å². The van der Waals surface area contributed by atoms with Crippen molar-refractivity contribution in [3.05, 3.63) is 70.9 Å². The molecular formula is C20H20FN2OS+. The van der Waals surface area contributed by atoms with Crippen molar-refractivity contribution in [1.82, 2.24) is 5.32 Å². The molecule has 3 aromatic rings. The summed E-state index contributed by atoms with van der Waals surface area (Å²) in [6, 6.07) is 17.1. The summed E-state index contributed by atoms with van der Waals surface area (Å²) in [6.45, 7) is 3.01. The lowest BCUT2D eigenvalue weighted by molar-refractivity contribution is -0.901.